The first-order chi connectivity index (χ1) is 10.5. The number of nitrogens with one attached hydrogen (secondary N) is 1. The molecule has 0 bridgehead atoms. The Bertz CT molecular complexity index is 517. The van der Waals surface area contributed by atoms with E-state index in [0.29, 0.717) is 5.41 Å². The Labute approximate surface area is 157 Å². The van der Waals surface area contributed by atoms with Gasteiger partial charge in [0.2, 0.25) is 0 Å². The van der Waals surface area contributed by atoms with Gasteiger partial charge < -0.3 is 15.0 Å². The third-order valence-electron chi connectivity index (χ3n) is 4.25. The van der Waals surface area contributed by atoms with Crippen molar-refractivity contribution in [3.8, 4) is 5.75 Å². The van der Waals surface area contributed by atoms with Crippen LogP contribution < -0.4 is 10.1 Å². The molecule has 5 heteroatoms. The van der Waals surface area contributed by atoms with Gasteiger partial charge >= 0.3 is 0 Å². The van der Waals surface area contributed by atoms with Gasteiger partial charge in [-0.2, -0.15) is 0 Å². The molecule has 0 atom stereocenters. The molecule has 0 unspecified atom stereocenters. The Morgan fingerprint density at radius 1 is 1.39 bits per heavy atom. The third kappa shape index (κ3) is 6.20. The molecular weight excluding hydrogens is 401 g/mol. The number of likely N-dealkylation sites (tertiary alicyclic amines) is 1. The molecule has 0 amide bonds. The molecule has 0 aliphatic carbocycles. The van der Waals surface area contributed by atoms with Crippen molar-refractivity contribution in [2.45, 2.75) is 33.1 Å². The molecule has 0 aromatic heterocycles. The van der Waals surface area contributed by atoms with E-state index in [0.717, 1.165) is 44.2 Å². The van der Waals surface area contributed by atoms with Gasteiger partial charge in [0.25, 0.3) is 0 Å². The lowest BCUT2D eigenvalue weighted by molar-refractivity contribution is 0.370. The lowest BCUT2D eigenvalue weighted by Crippen LogP contribution is -2.41. The highest BCUT2D eigenvalue weighted by Gasteiger charge is 2.30. The van der Waals surface area contributed by atoms with Gasteiger partial charge in [0.05, 0.1) is 7.11 Å². The van der Waals surface area contributed by atoms with Crippen molar-refractivity contribution in [2.75, 3.05) is 33.8 Å². The number of rotatable bonds is 5. The van der Waals surface area contributed by atoms with Crippen LogP contribution in [-0.4, -0.2) is 44.7 Å². The van der Waals surface area contributed by atoms with Gasteiger partial charge in [-0.05, 0) is 42.4 Å². The highest BCUT2D eigenvalue weighted by molar-refractivity contribution is 14.0. The van der Waals surface area contributed by atoms with Crippen LogP contribution in [0, 0.1) is 5.41 Å². The summed E-state index contributed by atoms with van der Waals surface area (Å²) in [7, 11) is 3.58. The Morgan fingerprint density at radius 3 is 2.78 bits per heavy atom. The van der Waals surface area contributed by atoms with Crippen molar-refractivity contribution in [1.29, 1.82) is 0 Å². The highest BCUT2D eigenvalue weighted by Crippen LogP contribution is 2.28. The molecule has 1 aliphatic rings. The van der Waals surface area contributed by atoms with E-state index in [1.807, 2.05) is 19.2 Å². The van der Waals surface area contributed by atoms with E-state index in [1.165, 1.54) is 12.0 Å². The minimum atomic E-state index is 0. The molecule has 23 heavy (non-hydrogen) atoms. The molecule has 130 valence electrons. The van der Waals surface area contributed by atoms with Crippen molar-refractivity contribution >= 4 is 29.9 Å². The smallest absolute Gasteiger partial charge is 0.193 e. The quantitative estimate of drug-likeness (QED) is 0.335. The van der Waals surface area contributed by atoms with Crippen LogP contribution in [0.1, 0.15) is 32.3 Å². The Kier molecular flexibility index (Phi) is 8.16. The van der Waals surface area contributed by atoms with Crippen LogP contribution in [0.15, 0.2) is 29.3 Å². The van der Waals surface area contributed by atoms with Gasteiger partial charge in [0, 0.05) is 26.7 Å². The molecule has 0 spiro atoms. The van der Waals surface area contributed by atoms with E-state index in [-0.39, 0.29) is 24.0 Å². The number of hydrogen-bond donors (Lipinski definition) is 1. The molecule has 1 saturated heterocycles. The third-order valence-corrected chi connectivity index (χ3v) is 4.25. The van der Waals surface area contributed by atoms with Crippen LogP contribution in [-0.2, 0) is 6.42 Å². The molecule has 1 fully saturated rings. The number of methoxy groups -OCH3 is 1. The SMILES string of the molecule is CN=C(NCCCc1cccc(OC)c1)N1CCC(C)(C)C1.I. The second-order valence-electron chi connectivity index (χ2n) is 6.76. The first kappa shape index (κ1) is 20.1. The largest absolute Gasteiger partial charge is 0.497 e. The van der Waals surface area contributed by atoms with Crippen LogP contribution in [0.5, 0.6) is 5.75 Å². The Balaban J connectivity index is 0.00000264. The van der Waals surface area contributed by atoms with Crippen molar-refractivity contribution in [3.05, 3.63) is 29.8 Å². The first-order valence-electron chi connectivity index (χ1n) is 8.12. The van der Waals surface area contributed by atoms with Crippen LogP contribution in [0.3, 0.4) is 0 Å². The Morgan fingerprint density at radius 2 is 2.17 bits per heavy atom. The zero-order valence-corrected chi connectivity index (χ0v) is 17.1. The number of benzene rings is 1. The summed E-state index contributed by atoms with van der Waals surface area (Å²) in [5.41, 5.74) is 1.72. The highest BCUT2D eigenvalue weighted by atomic mass is 127. The second-order valence-corrected chi connectivity index (χ2v) is 6.76. The maximum Gasteiger partial charge on any atom is 0.193 e. The summed E-state index contributed by atoms with van der Waals surface area (Å²) >= 11 is 0. The summed E-state index contributed by atoms with van der Waals surface area (Å²) in [6.45, 7) is 7.78. The van der Waals surface area contributed by atoms with Gasteiger partial charge in [0.1, 0.15) is 5.75 Å². The van der Waals surface area contributed by atoms with E-state index < -0.39 is 0 Å². The number of halogens is 1. The molecular formula is C18H30IN3O. The lowest BCUT2D eigenvalue weighted by atomic mass is 9.93. The van der Waals surface area contributed by atoms with E-state index in [2.05, 4.69) is 41.2 Å². The molecule has 1 aromatic rings. The summed E-state index contributed by atoms with van der Waals surface area (Å²) < 4.78 is 5.26. The number of aliphatic imine (C=N–C) groups is 1. The van der Waals surface area contributed by atoms with Crippen LogP contribution in [0.2, 0.25) is 0 Å². The van der Waals surface area contributed by atoms with Crippen molar-refractivity contribution in [3.63, 3.8) is 0 Å². The maximum atomic E-state index is 5.26. The predicted octanol–water partition coefficient (Wildman–Crippen LogP) is 3.55. The van der Waals surface area contributed by atoms with E-state index in [9.17, 15) is 0 Å². The number of nitrogens with zero attached hydrogens (tertiary/aromatic N) is 2. The molecule has 1 heterocycles. The van der Waals surface area contributed by atoms with Crippen molar-refractivity contribution in [1.82, 2.24) is 10.2 Å². The summed E-state index contributed by atoms with van der Waals surface area (Å²) in [4.78, 5) is 6.79. The normalized spacial score (nSPS) is 16.9. The minimum absolute atomic E-state index is 0. The minimum Gasteiger partial charge on any atom is -0.497 e. The fraction of sp³-hybridized carbons (Fsp3) is 0.611. The maximum absolute atomic E-state index is 5.26. The molecule has 1 N–H and O–H groups in total. The van der Waals surface area contributed by atoms with Crippen LogP contribution in [0.25, 0.3) is 0 Å². The van der Waals surface area contributed by atoms with Crippen LogP contribution in [0.4, 0.5) is 0 Å². The second kappa shape index (κ2) is 9.35. The number of aryl methyl sites for hydroxylation is 1. The number of guanidine groups is 1. The van der Waals surface area contributed by atoms with Gasteiger partial charge in [-0.1, -0.05) is 26.0 Å². The summed E-state index contributed by atoms with van der Waals surface area (Å²) in [6.07, 6.45) is 3.37. The van der Waals surface area contributed by atoms with Gasteiger partial charge in [-0.3, -0.25) is 4.99 Å². The zero-order chi connectivity index (χ0) is 16.0. The predicted molar refractivity (Wildman–Crippen MR) is 108 cm³/mol. The van der Waals surface area contributed by atoms with Crippen molar-refractivity contribution < 1.29 is 4.74 Å². The molecule has 1 aliphatic heterocycles. The molecule has 4 nitrogen and oxygen atoms in total. The summed E-state index contributed by atoms with van der Waals surface area (Å²) in [6, 6.07) is 8.30. The lowest BCUT2D eigenvalue weighted by Gasteiger charge is -2.23. The van der Waals surface area contributed by atoms with Gasteiger partial charge in [-0.15, -0.1) is 24.0 Å². The number of hydrogen-bond acceptors (Lipinski definition) is 2. The van der Waals surface area contributed by atoms with E-state index in [4.69, 9.17) is 4.74 Å². The average Bonchev–Trinajstić information content (AvgIpc) is 2.87. The fourth-order valence-electron chi connectivity index (χ4n) is 2.95. The van der Waals surface area contributed by atoms with Gasteiger partial charge in [-0.25, -0.2) is 0 Å². The standard InChI is InChI=1S/C18H29N3O.HI/c1-18(2)10-12-21(14-18)17(19-3)20-11-6-8-15-7-5-9-16(13-15)22-4;/h5,7,9,13H,6,8,10-12,14H2,1-4H3,(H,19,20);1H. The first-order valence-corrected chi connectivity index (χ1v) is 8.12. The molecule has 0 radical (unpaired) electrons. The van der Waals surface area contributed by atoms with Gasteiger partial charge in [0.15, 0.2) is 5.96 Å². The average molecular weight is 431 g/mol. The monoisotopic (exact) mass is 431 g/mol. The van der Waals surface area contributed by atoms with Crippen LogP contribution >= 0.6 is 24.0 Å². The fourth-order valence-corrected chi connectivity index (χ4v) is 2.95. The molecule has 1 aromatic carbocycles. The van der Waals surface area contributed by atoms with E-state index in [1.54, 1.807) is 7.11 Å². The molecule has 0 saturated carbocycles. The summed E-state index contributed by atoms with van der Waals surface area (Å²) in [5, 5.41) is 3.49. The van der Waals surface area contributed by atoms with Crippen molar-refractivity contribution in [2.24, 2.45) is 10.4 Å². The summed E-state index contributed by atoms with van der Waals surface area (Å²) in [5.74, 6) is 1.97. The number of ether oxygens (including phenoxy) is 1. The molecule has 2 rings (SSSR count). The topological polar surface area (TPSA) is 36.9 Å². The Hall–Kier alpha value is -0.980. The van der Waals surface area contributed by atoms with E-state index >= 15 is 0 Å². The zero-order valence-electron chi connectivity index (χ0n) is 14.8.